The number of aliphatic hydroxyl groups excluding tert-OH is 2. The van der Waals surface area contributed by atoms with Crippen LogP contribution in [-0.4, -0.2) is 116 Å². The Morgan fingerprint density at radius 3 is 2.35 bits per heavy atom. The van der Waals surface area contributed by atoms with Gasteiger partial charge in [0, 0.05) is 87.3 Å². The Balaban J connectivity index is 1.10. The van der Waals surface area contributed by atoms with Crippen molar-refractivity contribution >= 4 is 40.0 Å². The van der Waals surface area contributed by atoms with E-state index >= 15 is 0 Å². The van der Waals surface area contributed by atoms with Crippen LogP contribution in [0.4, 0.5) is 5.69 Å². The largest absolute Gasteiger partial charge is 0.507 e. The maximum absolute atomic E-state index is 14.7. The molecule has 6 heterocycles. The number of aromatic hydroxyl groups is 2. The van der Waals surface area contributed by atoms with Gasteiger partial charge in [-0.3, -0.25) is 24.2 Å². The lowest BCUT2D eigenvalue weighted by Gasteiger charge is -2.38. The number of hydrogen-bond acceptors (Lipinski definition) is 14. The number of ether oxygens (including phenoxy) is 3. The molecule has 0 aromatic heterocycles. The molecule has 380 valence electrons. The first-order valence-corrected chi connectivity index (χ1v) is 25.2. The zero-order valence-corrected chi connectivity index (χ0v) is 41.9. The van der Waals surface area contributed by atoms with Crippen molar-refractivity contribution in [1.82, 2.24) is 9.80 Å². The fourth-order valence-corrected chi connectivity index (χ4v) is 10.7. The molecule has 71 heavy (non-hydrogen) atoms. The van der Waals surface area contributed by atoms with Gasteiger partial charge < -0.3 is 49.8 Å². The van der Waals surface area contributed by atoms with Gasteiger partial charge in [-0.2, -0.15) is 0 Å². The van der Waals surface area contributed by atoms with Gasteiger partial charge in [0.15, 0.2) is 5.75 Å². The molecule has 3 unspecified atom stereocenters. The molecule has 2 saturated heterocycles. The number of carbonyl (C=O) groups excluding carboxylic acids is 4. The third-order valence-electron chi connectivity index (χ3n) is 15.0. The summed E-state index contributed by atoms with van der Waals surface area (Å²) in [7, 11) is 0. The Kier molecular flexibility index (Phi) is 15.1. The summed E-state index contributed by atoms with van der Waals surface area (Å²) in [5.74, 6) is -5.50. The molecule has 2 fully saturated rings. The summed E-state index contributed by atoms with van der Waals surface area (Å²) in [6.45, 7) is 15.8. The number of benzene rings is 3. The molecule has 3 aromatic carbocycles. The number of nitrogens with zero attached hydrogens (tertiary/aromatic N) is 4. The minimum Gasteiger partial charge on any atom is -0.507 e. The number of esters is 1. The first-order valence-electron chi connectivity index (χ1n) is 25.2. The highest BCUT2D eigenvalue weighted by atomic mass is 16.7. The average molecular weight is 976 g/mol. The fraction of sp³-hybridized carbons (Fsp3) is 0.527. The van der Waals surface area contributed by atoms with E-state index in [0.717, 1.165) is 32.5 Å². The number of hydrogen-bond donors (Lipinski definition) is 5. The summed E-state index contributed by atoms with van der Waals surface area (Å²) < 4.78 is 18.3. The van der Waals surface area contributed by atoms with Gasteiger partial charge in [0.25, 0.3) is 11.7 Å². The van der Waals surface area contributed by atoms with Crippen molar-refractivity contribution in [3.05, 3.63) is 93.9 Å². The molecule has 16 heteroatoms. The molecule has 16 nitrogen and oxygen atoms in total. The first-order chi connectivity index (χ1) is 33.8. The number of aliphatic hydroxyl groups is 2. The topological polar surface area (TPSA) is 220 Å². The van der Waals surface area contributed by atoms with E-state index in [1.165, 1.54) is 24.8 Å². The van der Waals surface area contributed by atoms with E-state index in [-0.39, 0.29) is 74.9 Å². The number of piperidine rings is 2. The van der Waals surface area contributed by atoms with E-state index in [1.54, 1.807) is 50.8 Å². The third kappa shape index (κ3) is 10.6. The number of phenolic OH excluding ortho intramolecular Hbond substituents is 2. The van der Waals surface area contributed by atoms with Crippen molar-refractivity contribution in [2.75, 3.05) is 38.0 Å². The Morgan fingerprint density at radius 1 is 0.958 bits per heavy atom. The predicted molar refractivity (Wildman–Crippen MR) is 266 cm³/mol. The van der Waals surface area contributed by atoms with Crippen LogP contribution in [0.25, 0.3) is 10.8 Å². The molecule has 9 rings (SSSR count). The summed E-state index contributed by atoms with van der Waals surface area (Å²) in [5, 5.41) is 50.6. The summed E-state index contributed by atoms with van der Waals surface area (Å²) in [6, 6.07) is 10.2. The zero-order chi connectivity index (χ0) is 50.9. The second-order valence-corrected chi connectivity index (χ2v) is 20.8. The highest BCUT2D eigenvalue weighted by Gasteiger charge is 2.50. The Hall–Kier alpha value is -6.10. The molecule has 0 radical (unpaired) electrons. The van der Waals surface area contributed by atoms with E-state index in [9.17, 15) is 39.6 Å². The van der Waals surface area contributed by atoms with Gasteiger partial charge in [0.2, 0.25) is 5.91 Å². The average Bonchev–Trinajstić information content (AvgIpc) is 3.84. The predicted octanol–water partition coefficient (Wildman–Crippen LogP) is 6.41. The Labute approximate surface area is 414 Å². The van der Waals surface area contributed by atoms with Crippen LogP contribution in [0.15, 0.2) is 76.5 Å². The van der Waals surface area contributed by atoms with Crippen LogP contribution < -0.4 is 20.8 Å². The monoisotopic (exact) mass is 975 g/mol. The van der Waals surface area contributed by atoms with Crippen molar-refractivity contribution in [2.24, 2.45) is 27.7 Å². The van der Waals surface area contributed by atoms with Gasteiger partial charge in [0.05, 0.1) is 35.1 Å². The number of amides is 2. The van der Waals surface area contributed by atoms with Gasteiger partial charge in [0.1, 0.15) is 40.4 Å². The van der Waals surface area contributed by atoms with E-state index in [1.807, 2.05) is 18.2 Å². The number of allylic oxidation sites excluding steroid dienone is 3. The number of phenols is 2. The van der Waals surface area contributed by atoms with Gasteiger partial charge >= 0.3 is 11.8 Å². The lowest BCUT2D eigenvalue weighted by atomic mass is 9.86. The number of carbonyl (C=O) groups is 4. The number of ketones is 1. The highest BCUT2D eigenvalue weighted by molar-refractivity contribution is 6.21. The van der Waals surface area contributed by atoms with E-state index in [0.29, 0.717) is 43.5 Å². The molecule has 0 aliphatic carbocycles. The van der Waals surface area contributed by atoms with Crippen LogP contribution in [0.1, 0.15) is 120 Å². The Bertz CT molecular complexity index is 2770. The minimum absolute atomic E-state index is 0.0401. The van der Waals surface area contributed by atoms with Gasteiger partial charge in [-0.25, -0.2) is 4.99 Å². The van der Waals surface area contributed by atoms with Crippen LogP contribution in [0, 0.1) is 24.7 Å². The number of fused-ring (bicyclic) bond motifs is 13. The highest BCUT2D eigenvalue weighted by Crippen LogP contribution is 2.51. The smallest absolute Gasteiger partial charge is 0.315 e. The van der Waals surface area contributed by atoms with Crippen LogP contribution in [0.2, 0.25) is 0 Å². The van der Waals surface area contributed by atoms with E-state index < -0.39 is 71.4 Å². The number of likely N-dealkylation sites (tertiary alicyclic amines) is 2. The number of rotatable bonds is 6. The quantitative estimate of drug-likeness (QED) is 0.103. The molecule has 5 N–H and O–H groups in total. The van der Waals surface area contributed by atoms with Crippen LogP contribution in [0.3, 0.4) is 0 Å². The lowest BCUT2D eigenvalue weighted by Crippen LogP contribution is -2.47. The van der Waals surface area contributed by atoms with Crippen molar-refractivity contribution in [3.8, 4) is 17.2 Å². The molecular weight excluding hydrogens is 907 g/mol. The molecule has 5 bridgehead atoms. The van der Waals surface area contributed by atoms with Crippen molar-refractivity contribution in [3.63, 3.8) is 0 Å². The van der Waals surface area contributed by atoms with E-state index in [4.69, 9.17) is 19.2 Å². The molecule has 1 spiro atoms. The summed E-state index contributed by atoms with van der Waals surface area (Å²) in [5.41, 5.74) is 1.11. The lowest BCUT2D eigenvalue weighted by molar-refractivity contribution is -0.155. The van der Waals surface area contributed by atoms with E-state index in [2.05, 4.69) is 41.2 Å². The SMILES string of the molecule is C/C1=C/C=C/C(C)[C@H](O)[C@@H](C)C(O)C[C@H](OC(=O)CC(=O)N2CCC(c3ccccc3)CC2)CC/C=C/OC2(C)Oc3c(C)c(O)c4c(O)c(c5c(c4c3C2=O)NC2(CCN(CC(C)C)CC2)N=5)=NC1=O. The first kappa shape index (κ1) is 51.3. The summed E-state index contributed by atoms with van der Waals surface area (Å²) in [6.07, 6.45) is 7.43. The molecule has 6 atom stereocenters. The third-order valence-corrected chi connectivity index (χ3v) is 15.0. The summed E-state index contributed by atoms with van der Waals surface area (Å²) >= 11 is 0. The Morgan fingerprint density at radius 2 is 1.66 bits per heavy atom. The maximum atomic E-state index is 14.7. The van der Waals surface area contributed by atoms with Crippen molar-refractivity contribution < 1.29 is 53.8 Å². The molecule has 0 saturated carbocycles. The number of anilines is 1. The van der Waals surface area contributed by atoms with Gasteiger partial charge in [-0.1, -0.05) is 76.3 Å². The number of Topliss-reactive ketones (excluding diaryl/α,β-unsaturated/α-hetero) is 1. The number of nitrogens with one attached hydrogen (secondary N) is 1. The molecule has 6 aliphatic rings. The molecular formula is C55H69N5O11. The molecule has 2 amide bonds. The van der Waals surface area contributed by atoms with Crippen LogP contribution in [-0.2, 0) is 23.9 Å². The van der Waals surface area contributed by atoms with Crippen molar-refractivity contribution in [2.45, 2.75) is 136 Å². The van der Waals surface area contributed by atoms with Crippen LogP contribution >= 0.6 is 0 Å². The molecule has 6 aliphatic heterocycles. The van der Waals surface area contributed by atoms with Gasteiger partial charge in [-0.15, -0.1) is 0 Å². The zero-order valence-electron chi connectivity index (χ0n) is 41.9. The fourth-order valence-electron chi connectivity index (χ4n) is 10.7. The standard InChI is InChI=1S/C55H69N5O11/c1-31(2)30-59-25-21-55(22-26-59)57-45-42-43-49(65)35(6)51-44(42)52(67)54(7,71-51)69-27-12-11-18-38(70-41(63)29-40(62)60-23-19-37(20-24-60)36-16-9-8-10-17-36)28-39(61)34(5)48(64)32(3)14-13-15-33(4)53(68)56-47(50(43)66)46(45)58-55/h8-10,12-17,27,31-32,34,37-39,48,57,61,64-66H,11,18-26,28-30H2,1-7H3/b14-13+,27-12+,33-15-,56-47?/t32?,34-,38+,39?,48-,54?/m0/s1. The summed E-state index contributed by atoms with van der Waals surface area (Å²) in [4.78, 5) is 69.1. The van der Waals surface area contributed by atoms with Gasteiger partial charge in [-0.05, 0) is 63.0 Å². The normalized spacial score (nSPS) is 28.1. The van der Waals surface area contributed by atoms with Crippen molar-refractivity contribution in [1.29, 1.82) is 0 Å². The molecule has 3 aromatic rings. The van der Waals surface area contributed by atoms with Crippen LogP contribution in [0.5, 0.6) is 17.2 Å². The second kappa shape index (κ2) is 20.9. The minimum atomic E-state index is -1.93. The second-order valence-electron chi connectivity index (χ2n) is 20.8. The maximum Gasteiger partial charge on any atom is 0.315 e.